The standard InChI is InChI=1S/C41H54N4O5/c1-41(2,3)44-38(47)36-22-21-31-11-7-8-12-35(31)45(36)26-34-23-37(32-17-15-30(27-46)16-18-32)50-39(49-34)33-19-13-29(14-20-33)25-43-40(48)42-24-28-9-5-4-6-10-28/h4-6,9-10,13-20,31,34-37,39,46H,7-8,11-12,21-27H2,1-3H3,(H,44,47)(H2,42,43,48)/t31-,34-,35-,36-,37+,39+/m1/s1. The van der Waals surface area contributed by atoms with Gasteiger partial charge in [-0.3, -0.25) is 9.69 Å². The Morgan fingerprint density at radius 1 is 0.780 bits per heavy atom. The van der Waals surface area contributed by atoms with E-state index in [1.165, 1.54) is 19.3 Å². The Kier molecular flexibility index (Phi) is 11.9. The number of urea groups is 1. The fraction of sp³-hybridized carbons (Fsp3) is 0.512. The molecule has 1 saturated carbocycles. The van der Waals surface area contributed by atoms with Crippen molar-refractivity contribution < 1.29 is 24.2 Å². The third-order valence-corrected chi connectivity index (χ3v) is 10.3. The first-order valence-corrected chi connectivity index (χ1v) is 18.4. The molecule has 6 rings (SSSR count). The van der Waals surface area contributed by atoms with Crippen molar-refractivity contribution in [3.63, 3.8) is 0 Å². The highest BCUT2D eigenvalue weighted by atomic mass is 16.7. The summed E-state index contributed by atoms with van der Waals surface area (Å²) in [6.07, 6.45) is 6.45. The second-order valence-electron chi connectivity index (χ2n) is 15.3. The highest BCUT2D eigenvalue weighted by Crippen LogP contribution is 2.42. The predicted octanol–water partition coefficient (Wildman–Crippen LogP) is 6.66. The number of carbonyl (C=O) groups is 2. The summed E-state index contributed by atoms with van der Waals surface area (Å²) in [5.41, 5.74) is 4.52. The minimum Gasteiger partial charge on any atom is -0.392 e. The van der Waals surface area contributed by atoms with E-state index in [0.717, 1.165) is 47.1 Å². The molecule has 0 bridgehead atoms. The maximum atomic E-state index is 13.7. The molecule has 0 radical (unpaired) electrons. The van der Waals surface area contributed by atoms with Gasteiger partial charge in [0.2, 0.25) is 5.91 Å². The van der Waals surface area contributed by atoms with Gasteiger partial charge in [0.05, 0.1) is 24.9 Å². The van der Waals surface area contributed by atoms with Crippen molar-refractivity contribution in [1.29, 1.82) is 0 Å². The van der Waals surface area contributed by atoms with Crippen LogP contribution in [0.5, 0.6) is 0 Å². The third kappa shape index (κ3) is 9.51. The van der Waals surface area contributed by atoms with Crippen LogP contribution >= 0.6 is 0 Å². The average molecular weight is 683 g/mol. The van der Waals surface area contributed by atoms with E-state index in [0.29, 0.717) is 38.0 Å². The quantitative estimate of drug-likeness (QED) is 0.190. The first-order valence-electron chi connectivity index (χ1n) is 18.4. The van der Waals surface area contributed by atoms with Crippen LogP contribution in [0.2, 0.25) is 0 Å². The molecule has 2 saturated heterocycles. The van der Waals surface area contributed by atoms with Gasteiger partial charge in [-0.25, -0.2) is 4.79 Å². The smallest absolute Gasteiger partial charge is 0.315 e. The van der Waals surface area contributed by atoms with E-state index in [-0.39, 0.29) is 42.3 Å². The number of hydrogen-bond acceptors (Lipinski definition) is 6. The first-order chi connectivity index (χ1) is 24.1. The van der Waals surface area contributed by atoms with Gasteiger partial charge >= 0.3 is 6.03 Å². The van der Waals surface area contributed by atoms with Crippen molar-refractivity contribution in [3.05, 3.63) is 107 Å². The summed E-state index contributed by atoms with van der Waals surface area (Å²) in [5, 5.41) is 18.8. The number of nitrogens with one attached hydrogen (secondary N) is 3. The van der Waals surface area contributed by atoms with Gasteiger partial charge in [0.25, 0.3) is 0 Å². The number of nitrogens with zero attached hydrogens (tertiary/aromatic N) is 1. The molecule has 0 unspecified atom stereocenters. The number of ether oxygens (including phenoxy) is 2. The van der Waals surface area contributed by atoms with Crippen molar-refractivity contribution >= 4 is 11.9 Å². The summed E-state index contributed by atoms with van der Waals surface area (Å²) >= 11 is 0. The lowest BCUT2D eigenvalue weighted by Crippen LogP contribution is -2.61. The van der Waals surface area contributed by atoms with Gasteiger partial charge in [-0.05, 0) is 74.6 Å². The number of piperidine rings is 1. The van der Waals surface area contributed by atoms with E-state index < -0.39 is 6.29 Å². The van der Waals surface area contributed by atoms with Crippen molar-refractivity contribution in [2.45, 2.75) is 122 Å². The lowest BCUT2D eigenvalue weighted by Gasteiger charge is -2.50. The zero-order valence-corrected chi connectivity index (χ0v) is 29.8. The van der Waals surface area contributed by atoms with Gasteiger partial charge < -0.3 is 30.5 Å². The monoisotopic (exact) mass is 682 g/mol. The van der Waals surface area contributed by atoms with E-state index in [9.17, 15) is 14.7 Å². The molecule has 50 heavy (non-hydrogen) atoms. The van der Waals surface area contributed by atoms with Crippen LogP contribution in [0, 0.1) is 5.92 Å². The second-order valence-corrected chi connectivity index (χ2v) is 15.3. The number of benzene rings is 3. The molecule has 9 nitrogen and oxygen atoms in total. The first kappa shape index (κ1) is 36.0. The van der Waals surface area contributed by atoms with Crippen molar-refractivity contribution in [2.24, 2.45) is 5.92 Å². The number of aliphatic hydroxyl groups is 1. The molecule has 6 atom stereocenters. The van der Waals surface area contributed by atoms with E-state index in [1.807, 2.05) is 99.6 Å². The molecule has 1 aliphatic carbocycles. The Morgan fingerprint density at radius 2 is 1.42 bits per heavy atom. The van der Waals surface area contributed by atoms with Crippen LogP contribution in [-0.4, -0.2) is 52.2 Å². The van der Waals surface area contributed by atoms with Crippen LogP contribution in [0.25, 0.3) is 0 Å². The van der Waals surface area contributed by atoms with Gasteiger partial charge in [-0.15, -0.1) is 0 Å². The highest BCUT2D eigenvalue weighted by Gasteiger charge is 2.44. The molecule has 4 N–H and O–H groups in total. The number of rotatable bonds is 10. The molecule has 3 aliphatic rings. The van der Waals surface area contributed by atoms with Crippen LogP contribution in [0.1, 0.15) is 106 Å². The molecular weight excluding hydrogens is 628 g/mol. The molecule has 0 spiro atoms. The Hall–Kier alpha value is -3.76. The highest BCUT2D eigenvalue weighted by molar-refractivity contribution is 5.82. The van der Waals surface area contributed by atoms with Crippen LogP contribution in [0.3, 0.4) is 0 Å². The molecule has 9 heteroatoms. The van der Waals surface area contributed by atoms with Crippen molar-refractivity contribution in [2.75, 3.05) is 6.54 Å². The number of fused-ring (bicyclic) bond motifs is 1. The zero-order chi connectivity index (χ0) is 35.1. The number of hydrogen-bond donors (Lipinski definition) is 4. The van der Waals surface area contributed by atoms with Crippen molar-refractivity contribution in [3.8, 4) is 0 Å². The maximum Gasteiger partial charge on any atom is 0.315 e. The lowest BCUT2D eigenvalue weighted by atomic mass is 9.75. The molecule has 2 aliphatic heterocycles. The maximum absolute atomic E-state index is 13.7. The van der Waals surface area contributed by atoms with Crippen LogP contribution in [0.4, 0.5) is 4.79 Å². The van der Waals surface area contributed by atoms with Crippen LogP contribution < -0.4 is 16.0 Å². The van der Waals surface area contributed by atoms with Gasteiger partial charge in [0.15, 0.2) is 6.29 Å². The normalized spacial score (nSPS) is 25.7. The Labute approximate surface area is 297 Å². The molecule has 0 aromatic heterocycles. The summed E-state index contributed by atoms with van der Waals surface area (Å²) in [6, 6.07) is 25.8. The zero-order valence-electron chi connectivity index (χ0n) is 29.8. The van der Waals surface area contributed by atoms with Gasteiger partial charge in [0.1, 0.15) is 0 Å². The number of amides is 3. The van der Waals surface area contributed by atoms with E-state index in [1.54, 1.807) is 0 Å². The Balaban J connectivity index is 1.17. The largest absolute Gasteiger partial charge is 0.392 e. The van der Waals surface area contributed by atoms with Gasteiger partial charge in [0, 0.05) is 43.2 Å². The summed E-state index contributed by atoms with van der Waals surface area (Å²) in [7, 11) is 0. The Bertz CT molecular complexity index is 1540. The molecule has 3 aromatic carbocycles. The van der Waals surface area contributed by atoms with E-state index in [4.69, 9.17) is 9.47 Å². The molecule has 2 heterocycles. The van der Waals surface area contributed by atoms with Gasteiger partial charge in [-0.2, -0.15) is 0 Å². The van der Waals surface area contributed by atoms with Crippen molar-refractivity contribution in [1.82, 2.24) is 20.9 Å². The minimum absolute atomic E-state index is 0.00834. The average Bonchev–Trinajstić information content (AvgIpc) is 3.13. The summed E-state index contributed by atoms with van der Waals surface area (Å²) in [6.45, 7) is 7.65. The fourth-order valence-electron chi connectivity index (χ4n) is 7.81. The van der Waals surface area contributed by atoms with Crippen LogP contribution in [0.15, 0.2) is 78.9 Å². The summed E-state index contributed by atoms with van der Waals surface area (Å²) in [5.74, 6) is 0.723. The van der Waals surface area contributed by atoms with E-state index in [2.05, 4.69) is 20.9 Å². The lowest BCUT2D eigenvalue weighted by molar-refractivity contribution is -0.255. The minimum atomic E-state index is -0.596. The third-order valence-electron chi connectivity index (χ3n) is 10.3. The van der Waals surface area contributed by atoms with E-state index >= 15 is 0 Å². The molecule has 268 valence electrons. The number of carbonyl (C=O) groups excluding carboxylic acids is 2. The molecule has 3 fully saturated rings. The number of aliphatic hydroxyl groups excluding tert-OH is 1. The SMILES string of the molecule is CC(C)(C)NC(=O)[C@H]1CC[C@H]2CCCC[C@H]2N1C[C@H]1C[C@@H](c2ccc(CO)cc2)O[C@@H](c2ccc(CNC(=O)NCc3ccccc3)cc2)O1. The fourth-order valence-corrected chi connectivity index (χ4v) is 7.81. The molecule has 3 aromatic rings. The predicted molar refractivity (Wildman–Crippen MR) is 194 cm³/mol. The molecule has 3 amide bonds. The Morgan fingerprint density at radius 3 is 2.10 bits per heavy atom. The topological polar surface area (TPSA) is 112 Å². The number of likely N-dealkylation sites (tertiary alicyclic amines) is 1. The molecular formula is C41H54N4O5. The van der Waals surface area contributed by atoms with Crippen LogP contribution in [-0.2, 0) is 34.0 Å². The van der Waals surface area contributed by atoms with Gasteiger partial charge in [-0.1, -0.05) is 91.7 Å². The second kappa shape index (κ2) is 16.5. The summed E-state index contributed by atoms with van der Waals surface area (Å²) in [4.78, 5) is 28.6. The summed E-state index contributed by atoms with van der Waals surface area (Å²) < 4.78 is 13.4.